The minimum atomic E-state index is -0.0775. The lowest BCUT2D eigenvalue weighted by Gasteiger charge is -2.07. The predicted molar refractivity (Wildman–Crippen MR) is 93.4 cm³/mol. The third-order valence-corrected chi connectivity index (χ3v) is 4.60. The second kappa shape index (κ2) is 7.06. The van der Waals surface area contributed by atoms with E-state index in [-0.39, 0.29) is 5.91 Å². The highest BCUT2D eigenvalue weighted by molar-refractivity contribution is 9.10. The van der Waals surface area contributed by atoms with Gasteiger partial charge in [0.05, 0.1) is 4.88 Å². The Morgan fingerprint density at radius 1 is 1.39 bits per heavy atom. The fourth-order valence-electron chi connectivity index (χ4n) is 2.06. The highest BCUT2D eigenvalue weighted by atomic mass is 79.9. The minimum absolute atomic E-state index is 0.0775. The summed E-state index contributed by atoms with van der Waals surface area (Å²) in [4.78, 5) is 17.3. The first-order chi connectivity index (χ1) is 11.1. The van der Waals surface area contributed by atoms with E-state index in [2.05, 4.69) is 31.4 Å². The number of nitrogens with zero attached hydrogens (tertiary/aromatic N) is 2. The summed E-state index contributed by atoms with van der Waals surface area (Å²) in [6.45, 7) is 1.95. The Kier molecular flexibility index (Phi) is 4.88. The van der Waals surface area contributed by atoms with Crippen LogP contribution in [0.15, 0.2) is 44.7 Å². The van der Waals surface area contributed by atoms with Crippen LogP contribution >= 0.6 is 27.3 Å². The molecule has 0 radical (unpaired) electrons. The van der Waals surface area contributed by atoms with Gasteiger partial charge >= 0.3 is 0 Å². The van der Waals surface area contributed by atoms with E-state index in [1.54, 1.807) is 11.3 Å². The number of anilines is 1. The number of aryl methyl sites for hydroxylation is 2. The number of carbonyl (C=O) groups excluding carboxylic acids is 1. The first-order valence-electron chi connectivity index (χ1n) is 7.04. The van der Waals surface area contributed by atoms with E-state index in [1.807, 2.05) is 42.6 Å². The van der Waals surface area contributed by atoms with Crippen molar-refractivity contribution >= 4 is 38.9 Å². The molecule has 0 unspecified atom stereocenters. The van der Waals surface area contributed by atoms with Gasteiger partial charge in [0, 0.05) is 23.0 Å². The van der Waals surface area contributed by atoms with E-state index in [1.165, 1.54) is 0 Å². The lowest BCUT2D eigenvalue weighted by Crippen LogP contribution is -2.13. The maximum absolute atomic E-state index is 12.0. The summed E-state index contributed by atoms with van der Waals surface area (Å²) in [5, 5.41) is 8.78. The van der Waals surface area contributed by atoms with Crippen molar-refractivity contribution in [3.8, 4) is 10.7 Å². The molecule has 118 valence electrons. The van der Waals surface area contributed by atoms with Crippen LogP contribution in [0.25, 0.3) is 10.7 Å². The van der Waals surface area contributed by atoms with E-state index in [0.717, 1.165) is 20.6 Å². The van der Waals surface area contributed by atoms with E-state index in [0.29, 0.717) is 24.6 Å². The normalized spacial score (nSPS) is 10.7. The molecule has 2 heterocycles. The zero-order valence-electron chi connectivity index (χ0n) is 12.4. The molecule has 0 saturated heterocycles. The number of amides is 1. The van der Waals surface area contributed by atoms with Gasteiger partial charge in [-0.05, 0) is 42.1 Å². The van der Waals surface area contributed by atoms with Crippen LogP contribution in [0.3, 0.4) is 0 Å². The molecule has 3 aromatic rings. The second-order valence-electron chi connectivity index (χ2n) is 5.00. The van der Waals surface area contributed by atoms with Crippen molar-refractivity contribution in [2.24, 2.45) is 0 Å². The topological polar surface area (TPSA) is 68.0 Å². The smallest absolute Gasteiger partial charge is 0.227 e. The molecule has 1 N–H and O–H groups in total. The molecule has 0 spiro atoms. The molecule has 23 heavy (non-hydrogen) atoms. The molecule has 0 bridgehead atoms. The number of hydrogen-bond donors (Lipinski definition) is 1. The van der Waals surface area contributed by atoms with Gasteiger partial charge in [0.2, 0.25) is 17.6 Å². The van der Waals surface area contributed by atoms with Crippen LogP contribution in [0, 0.1) is 6.92 Å². The zero-order chi connectivity index (χ0) is 16.2. The standard InChI is InChI=1S/C16H14BrN3O2S/c1-10-9-11(17)4-5-12(10)18-14(21)6-7-15-19-16(20-22-15)13-3-2-8-23-13/h2-5,8-9H,6-7H2,1H3,(H,18,21). The summed E-state index contributed by atoms with van der Waals surface area (Å²) in [6.07, 6.45) is 0.710. The summed E-state index contributed by atoms with van der Waals surface area (Å²) in [5.74, 6) is 0.960. The van der Waals surface area contributed by atoms with Gasteiger partial charge < -0.3 is 9.84 Å². The minimum Gasteiger partial charge on any atom is -0.339 e. The molecule has 0 fully saturated rings. The molecular formula is C16H14BrN3O2S. The lowest BCUT2D eigenvalue weighted by atomic mass is 10.2. The largest absolute Gasteiger partial charge is 0.339 e. The average Bonchev–Trinajstić information content (AvgIpc) is 3.18. The van der Waals surface area contributed by atoms with Gasteiger partial charge in [-0.2, -0.15) is 4.98 Å². The van der Waals surface area contributed by atoms with Gasteiger partial charge in [-0.25, -0.2) is 0 Å². The Labute approximate surface area is 145 Å². The van der Waals surface area contributed by atoms with Crippen LogP contribution in [-0.4, -0.2) is 16.0 Å². The Bertz CT molecular complexity index is 815. The molecule has 0 aliphatic rings. The van der Waals surface area contributed by atoms with Crippen molar-refractivity contribution in [3.05, 3.63) is 51.6 Å². The third-order valence-electron chi connectivity index (χ3n) is 3.24. The van der Waals surface area contributed by atoms with Crippen LogP contribution in [-0.2, 0) is 11.2 Å². The molecule has 2 aromatic heterocycles. The first kappa shape index (κ1) is 15.9. The Hall–Kier alpha value is -1.99. The Balaban J connectivity index is 1.57. The van der Waals surface area contributed by atoms with Crippen molar-refractivity contribution in [2.75, 3.05) is 5.32 Å². The van der Waals surface area contributed by atoms with Crippen molar-refractivity contribution in [3.63, 3.8) is 0 Å². The second-order valence-corrected chi connectivity index (χ2v) is 6.86. The third kappa shape index (κ3) is 4.05. The number of rotatable bonds is 5. The summed E-state index contributed by atoms with van der Waals surface area (Å²) < 4.78 is 6.17. The highest BCUT2D eigenvalue weighted by Gasteiger charge is 2.12. The van der Waals surface area contributed by atoms with Crippen LogP contribution in [0.5, 0.6) is 0 Å². The number of thiophene rings is 1. The number of halogens is 1. The van der Waals surface area contributed by atoms with Gasteiger partial charge in [-0.1, -0.05) is 27.2 Å². The van der Waals surface area contributed by atoms with E-state index >= 15 is 0 Å². The summed E-state index contributed by atoms with van der Waals surface area (Å²) in [7, 11) is 0. The molecule has 3 rings (SSSR count). The summed E-state index contributed by atoms with van der Waals surface area (Å²) in [5.41, 5.74) is 1.81. The number of nitrogens with one attached hydrogen (secondary N) is 1. The summed E-state index contributed by atoms with van der Waals surface area (Å²) >= 11 is 4.95. The SMILES string of the molecule is Cc1cc(Br)ccc1NC(=O)CCc1nc(-c2cccs2)no1. The van der Waals surface area contributed by atoms with Gasteiger partial charge in [-0.3, -0.25) is 4.79 Å². The van der Waals surface area contributed by atoms with Crippen LogP contribution in [0.4, 0.5) is 5.69 Å². The van der Waals surface area contributed by atoms with E-state index in [9.17, 15) is 4.79 Å². The lowest BCUT2D eigenvalue weighted by molar-refractivity contribution is -0.116. The quantitative estimate of drug-likeness (QED) is 0.697. The monoisotopic (exact) mass is 391 g/mol. The summed E-state index contributed by atoms with van der Waals surface area (Å²) in [6, 6.07) is 9.60. The Morgan fingerprint density at radius 3 is 3.00 bits per heavy atom. The van der Waals surface area contributed by atoms with Crippen LogP contribution in [0.1, 0.15) is 17.9 Å². The van der Waals surface area contributed by atoms with Crippen molar-refractivity contribution in [1.29, 1.82) is 0 Å². The number of hydrogen-bond acceptors (Lipinski definition) is 5. The number of carbonyl (C=O) groups is 1. The molecule has 7 heteroatoms. The highest BCUT2D eigenvalue weighted by Crippen LogP contribution is 2.22. The van der Waals surface area contributed by atoms with Gasteiger partial charge in [-0.15, -0.1) is 11.3 Å². The predicted octanol–water partition coefficient (Wildman–Crippen LogP) is 4.44. The molecular weight excluding hydrogens is 378 g/mol. The molecule has 1 aromatic carbocycles. The average molecular weight is 392 g/mol. The molecule has 0 atom stereocenters. The van der Waals surface area contributed by atoms with Crippen molar-refractivity contribution in [2.45, 2.75) is 19.8 Å². The van der Waals surface area contributed by atoms with Gasteiger partial charge in [0.1, 0.15) is 0 Å². The fourth-order valence-corrected chi connectivity index (χ4v) is 3.19. The van der Waals surface area contributed by atoms with Crippen LogP contribution in [0.2, 0.25) is 0 Å². The van der Waals surface area contributed by atoms with Gasteiger partial charge in [0.15, 0.2) is 0 Å². The fraction of sp³-hybridized carbons (Fsp3) is 0.188. The van der Waals surface area contributed by atoms with Crippen molar-refractivity contribution < 1.29 is 9.32 Å². The number of benzene rings is 1. The maximum Gasteiger partial charge on any atom is 0.227 e. The molecule has 1 amide bonds. The number of aromatic nitrogens is 2. The maximum atomic E-state index is 12.0. The molecule has 5 nitrogen and oxygen atoms in total. The van der Waals surface area contributed by atoms with Crippen LogP contribution < -0.4 is 5.32 Å². The van der Waals surface area contributed by atoms with E-state index in [4.69, 9.17) is 4.52 Å². The van der Waals surface area contributed by atoms with Gasteiger partial charge in [0.25, 0.3) is 0 Å². The van der Waals surface area contributed by atoms with Crippen molar-refractivity contribution in [1.82, 2.24) is 10.1 Å². The first-order valence-corrected chi connectivity index (χ1v) is 8.71. The molecule has 0 aliphatic heterocycles. The molecule has 0 aliphatic carbocycles. The Morgan fingerprint density at radius 2 is 2.26 bits per heavy atom. The molecule has 0 saturated carbocycles. The zero-order valence-corrected chi connectivity index (χ0v) is 14.8. The van der Waals surface area contributed by atoms with E-state index < -0.39 is 0 Å².